The Morgan fingerprint density at radius 3 is 2.08 bits per heavy atom. The minimum Gasteiger partial charge on any atom is -0.481 e. The Morgan fingerprint density at radius 1 is 0.920 bits per heavy atom. The van der Waals surface area contributed by atoms with Crippen LogP contribution in [0, 0.1) is 0 Å². The van der Waals surface area contributed by atoms with Gasteiger partial charge < -0.3 is 4.74 Å². The van der Waals surface area contributed by atoms with E-state index in [2.05, 4.69) is 31.6 Å². The molecule has 1 unspecified atom stereocenters. The van der Waals surface area contributed by atoms with E-state index >= 15 is 0 Å². The van der Waals surface area contributed by atoms with Crippen LogP contribution in [0.5, 0.6) is 5.75 Å². The minimum atomic E-state index is -0.739. The number of hydrogen-bond donors (Lipinski definition) is 2. The third-order valence-corrected chi connectivity index (χ3v) is 3.74. The first-order valence-electron chi connectivity index (χ1n) is 8.20. The van der Waals surface area contributed by atoms with Gasteiger partial charge in [-0.05, 0) is 42.2 Å². The molecule has 0 spiro atoms. The van der Waals surface area contributed by atoms with Crippen molar-refractivity contribution in [2.24, 2.45) is 0 Å². The van der Waals surface area contributed by atoms with Gasteiger partial charge in [-0.3, -0.25) is 20.4 Å². The molecule has 0 radical (unpaired) electrons. The van der Waals surface area contributed by atoms with E-state index in [1.807, 2.05) is 30.3 Å². The van der Waals surface area contributed by atoms with Crippen LogP contribution in [-0.4, -0.2) is 17.9 Å². The number of carbonyl (C=O) groups is 2. The van der Waals surface area contributed by atoms with E-state index in [1.165, 1.54) is 5.56 Å². The first kappa shape index (κ1) is 18.5. The van der Waals surface area contributed by atoms with Crippen molar-refractivity contribution in [2.45, 2.75) is 39.2 Å². The molecule has 0 aliphatic rings. The summed E-state index contributed by atoms with van der Waals surface area (Å²) in [5, 5.41) is 0. The number of carbonyl (C=O) groups excluding carboxylic acids is 2. The Kier molecular flexibility index (Phi) is 5.80. The fraction of sp³-hybridized carbons (Fsp3) is 0.300. The van der Waals surface area contributed by atoms with Crippen LogP contribution in [0.3, 0.4) is 0 Å². The van der Waals surface area contributed by atoms with E-state index in [1.54, 1.807) is 31.2 Å². The van der Waals surface area contributed by atoms with Crippen LogP contribution in [0.4, 0.5) is 0 Å². The van der Waals surface area contributed by atoms with Gasteiger partial charge in [0, 0.05) is 5.56 Å². The molecule has 0 fully saturated rings. The predicted octanol–water partition coefficient (Wildman–Crippen LogP) is 3.21. The van der Waals surface area contributed by atoms with Gasteiger partial charge >= 0.3 is 0 Å². The first-order chi connectivity index (χ1) is 11.8. The summed E-state index contributed by atoms with van der Waals surface area (Å²) in [4.78, 5) is 24.0. The summed E-state index contributed by atoms with van der Waals surface area (Å²) in [6.07, 6.45) is -0.739. The maximum atomic E-state index is 12.1. The molecule has 5 nitrogen and oxygen atoms in total. The second-order valence-corrected chi connectivity index (χ2v) is 6.84. The van der Waals surface area contributed by atoms with Crippen LogP contribution < -0.4 is 15.6 Å². The third kappa shape index (κ3) is 5.35. The molecule has 0 aromatic heterocycles. The van der Waals surface area contributed by atoms with Gasteiger partial charge in [-0.2, -0.15) is 0 Å². The average Bonchev–Trinajstić information content (AvgIpc) is 2.59. The van der Waals surface area contributed by atoms with Crippen molar-refractivity contribution in [2.75, 3.05) is 0 Å². The van der Waals surface area contributed by atoms with Crippen LogP contribution in [0.15, 0.2) is 54.6 Å². The van der Waals surface area contributed by atoms with Gasteiger partial charge in [-0.15, -0.1) is 0 Å². The van der Waals surface area contributed by atoms with Crippen molar-refractivity contribution in [1.29, 1.82) is 0 Å². The van der Waals surface area contributed by atoms with Crippen LogP contribution in [0.2, 0.25) is 0 Å². The molecule has 2 N–H and O–H groups in total. The number of rotatable bonds is 4. The number of hydrazine groups is 1. The molecule has 2 aromatic rings. The van der Waals surface area contributed by atoms with Crippen molar-refractivity contribution in [3.05, 3.63) is 65.7 Å². The van der Waals surface area contributed by atoms with E-state index in [4.69, 9.17) is 4.74 Å². The molecule has 132 valence electrons. The van der Waals surface area contributed by atoms with E-state index in [-0.39, 0.29) is 11.3 Å². The first-order valence-corrected chi connectivity index (χ1v) is 8.20. The summed E-state index contributed by atoms with van der Waals surface area (Å²) in [7, 11) is 0. The molecule has 2 rings (SSSR count). The molecule has 0 aliphatic heterocycles. The summed E-state index contributed by atoms with van der Waals surface area (Å²) in [5.74, 6) is -0.204. The van der Waals surface area contributed by atoms with Gasteiger partial charge in [0.25, 0.3) is 11.8 Å². The quantitative estimate of drug-likeness (QED) is 0.840. The molecule has 5 heteroatoms. The standard InChI is InChI=1S/C20H24N2O3/c1-14(25-17-12-10-16(11-13-17)20(2,3)4)18(23)21-22-19(24)15-8-6-5-7-9-15/h5-14H,1-4H3,(H,21,23)(H,22,24). The van der Waals surface area contributed by atoms with Crippen molar-refractivity contribution >= 4 is 11.8 Å². The third-order valence-electron chi connectivity index (χ3n) is 3.74. The Labute approximate surface area is 148 Å². The lowest BCUT2D eigenvalue weighted by Crippen LogP contribution is -2.47. The maximum absolute atomic E-state index is 12.1. The Balaban J connectivity index is 1.87. The second kappa shape index (κ2) is 7.83. The highest BCUT2D eigenvalue weighted by Crippen LogP contribution is 2.24. The van der Waals surface area contributed by atoms with Crippen LogP contribution in [0.25, 0.3) is 0 Å². The largest absolute Gasteiger partial charge is 0.481 e. The fourth-order valence-corrected chi connectivity index (χ4v) is 2.17. The topological polar surface area (TPSA) is 67.4 Å². The van der Waals surface area contributed by atoms with E-state index in [0.29, 0.717) is 11.3 Å². The lowest BCUT2D eigenvalue weighted by atomic mass is 9.87. The van der Waals surface area contributed by atoms with Crippen molar-refractivity contribution < 1.29 is 14.3 Å². The smallest absolute Gasteiger partial charge is 0.279 e. The summed E-state index contributed by atoms with van der Waals surface area (Å²) in [6, 6.07) is 16.3. The molecule has 0 bridgehead atoms. The van der Waals surface area contributed by atoms with E-state index in [9.17, 15) is 9.59 Å². The zero-order chi connectivity index (χ0) is 18.4. The molecular weight excluding hydrogens is 316 g/mol. The molecule has 2 aromatic carbocycles. The number of hydrogen-bond acceptors (Lipinski definition) is 3. The lowest BCUT2D eigenvalue weighted by molar-refractivity contribution is -0.128. The Morgan fingerprint density at radius 2 is 1.52 bits per heavy atom. The van der Waals surface area contributed by atoms with Gasteiger partial charge in [0.2, 0.25) is 0 Å². The summed E-state index contributed by atoms with van der Waals surface area (Å²) in [5.41, 5.74) is 6.46. The number of benzene rings is 2. The van der Waals surface area contributed by atoms with Gasteiger partial charge in [0.1, 0.15) is 5.75 Å². The number of amides is 2. The molecule has 1 atom stereocenters. The number of nitrogens with one attached hydrogen (secondary N) is 2. The Bertz CT molecular complexity index is 719. The second-order valence-electron chi connectivity index (χ2n) is 6.84. The molecule has 0 aliphatic carbocycles. The summed E-state index contributed by atoms with van der Waals surface area (Å²) >= 11 is 0. The highest BCUT2D eigenvalue weighted by Gasteiger charge is 2.17. The molecule has 0 heterocycles. The molecule has 0 saturated carbocycles. The Hall–Kier alpha value is -2.82. The van der Waals surface area contributed by atoms with Gasteiger partial charge in [-0.1, -0.05) is 51.1 Å². The highest BCUT2D eigenvalue weighted by atomic mass is 16.5. The van der Waals surface area contributed by atoms with Crippen molar-refractivity contribution in [3.63, 3.8) is 0 Å². The molecular formula is C20H24N2O3. The zero-order valence-electron chi connectivity index (χ0n) is 15.0. The summed E-state index contributed by atoms with van der Waals surface area (Å²) in [6.45, 7) is 8.03. The van der Waals surface area contributed by atoms with Gasteiger partial charge in [0.05, 0.1) is 0 Å². The monoisotopic (exact) mass is 340 g/mol. The van der Waals surface area contributed by atoms with Crippen molar-refractivity contribution in [1.82, 2.24) is 10.9 Å². The van der Waals surface area contributed by atoms with Crippen LogP contribution in [-0.2, 0) is 10.2 Å². The minimum absolute atomic E-state index is 0.0588. The van der Waals surface area contributed by atoms with Crippen LogP contribution >= 0.6 is 0 Å². The normalized spacial score (nSPS) is 12.2. The maximum Gasteiger partial charge on any atom is 0.279 e. The molecule has 0 saturated heterocycles. The zero-order valence-corrected chi connectivity index (χ0v) is 15.0. The predicted molar refractivity (Wildman–Crippen MR) is 97.3 cm³/mol. The SMILES string of the molecule is CC(Oc1ccc(C(C)(C)C)cc1)C(=O)NNC(=O)c1ccccc1. The van der Waals surface area contributed by atoms with Crippen molar-refractivity contribution in [3.8, 4) is 5.75 Å². The van der Waals surface area contributed by atoms with Crippen LogP contribution in [0.1, 0.15) is 43.6 Å². The number of ether oxygens (including phenoxy) is 1. The lowest BCUT2D eigenvalue weighted by Gasteiger charge is -2.20. The highest BCUT2D eigenvalue weighted by molar-refractivity contribution is 5.95. The summed E-state index contributed by atoms with van der Waals surface area (Å²) < 4.78 is 5.62. The fourth-order valence-electron chi connectivity index (χ4n) is 2.17. The molecule has 2 amide bonds. The van der Waals surface area contributed by atoms with Gasteiger partial charge in [-0.25, -0.2) is 0 Å². The average molecular weight is 340 g/mol. The van der Waals surface area contributed by atoms with E-state index in [0.717, 1.165) is 0 Å². The van der Waals surface area contributed by atoms with Gasteiger partial charge in [0.15, 0.2) is 6.10 Å². The van der Waals surface area contributed by atoms with E-state index < -0.39 is 12.0 Å². The molecule has 25 heavy (non-hydrogen) atoms.